The van der Waals surface area contributed by atoms with Crippen LogP contribution in [-0.2, 0) is 4.74 Å². The Kier molecular flexibility index (Phi) is 11.0. The Morgan fingerprint density at radius 2 is 1.39 bits per heavy atom. The molecule has 3 rings (SSSR count). The largest absolute Gasteiger partial charge is 0.494 e. The van der Waals surface area contributed by atoms with E-state index in [2.05, 4.69) is 43.3 Å². The van der Waals surface area contributed by atoms with Crippen LogP contribution in [0.2, 0.25) is 0 Å². The minimum Gasteiger partial charge on any atom is -0.494 e. The second-order valence-electron chi connectivity index (χ2n) is 10.0. The van der Waals surface area contributed by atoms with E-state index >= 15 is 0 Å². The molecule has 0 atom stereocenters. The Morgan fingerprint density at radius 3 is 2.00 bits per heavy atom. The van der Waals surface area contributed by atoms with Crippen LogP contribution in [0.25, 0.3) is 0 Å². The summed E-state index contributed by atoms with van der Waals surface area (Å²) in [5.41, 5.74) is 1.50. The van der Waals surface area contributed by atoms with Gasteiger partial charge in [0.05, 0.1) is 6.61 Å². The zero-order valence-corrected chi connectivity index (χ0v) is 20.2. The van der Waals surface area contributed by atoms with E-state index in [1.54, 1.807) is 7.11 Å². The van der Waals surface area contributed by atoms with Gasteiger partial charge < -0.3 is 9.47 Å². The van der Waals surface area contributed by atoms with Crippen LogP contribution in [0, 0.1) is 17.8 Å². The molecule has 0 spiro atoms. The van der Waals surface area contributed by atoms with Crippen molar-refractivity contribution in [3.63, 3.8) is 0 Å². The average molecular weight is 427 g/mol. The summed E-state index contributed by atoms with van der Waals surface area (Å²) >= 11 is 0. The predicted octanol–water partition coefficient (Wildman–Crippen LogP) is 8.32. The summed E-state index contributed by atoms with van der Waals surface area (Å²) in [4.78, 5) is 0. The minimum atomic E-state index is 0.731. The molecule has 2 fully saturated rings. The van der Waals surface area contributed by atoms with Crippen molar-refractivity contribution in [2.75, 3.05) is 20.3 Å². The van der Waals surface area contributed by atoms with E-state index in [1.807, 2.05) is 0 Å². The summed E-state index contributed by atoms with van der Waals surface area (Å²) in [6, 6.07) is 8.91. The van der Waals surface area contributed by atoms with Crippen LogP contribution in [0.4, 0.5) is 0 Å². The van der Waals surface area contributed by atoms with Crippen LogP contribution in [-0.4, -0.2) is 20.3 Å². The molecule has 0 unspecified atom stereocenters. The third-order valence-corrected chi connectivity index (χ3v) is 7.65. The lowest BCUT2D eigenvalue weighted by Gasteiger charge is -2.29. The molecule has 1 aromatic rings. The van der Waals surface area contributed by atoms with Gasteiger partial charge in [-0.15, -0.1) is 0 Å². The molecule has 0 bridgehead atoms. The van der Waals surface area contributed by atoms with Gasteiger partial charge in [-0.3, -0.25) is 0 Å². The first-order chi connectivity index (χ1) is 15.3. The van der Waals surface area contributed by atoms with Gasteiger partial charge in [0.15, 0.2) is 0 Å². The molecule has 0 radical (unpaired) electrons. The topological polar surface area (TPSA) is 18.5 Å². The molecule has 0 aliphatic heterocycles. The standard InChI is InChI=1S/C29H46O2/c1-3-4-7-24-8-10-25(11-9-24)12-13-26-14-16-27(17-15-26)28-18-20-29(21-19-28)31-23-6-5-22-30-2/h12-13,18-21,24-27H,3-11,14-17,22-23H2,1-2H3. The molecule has 2 nitrogen and oxygen atoms in total. The molecule has 2 saturated carbocycles. The highest BCUT2D eigenvalue weighted by atomic mass is 16.5. The first kappa shape index (κ1) is 24.4. The Bertz CT molecular complexity index is 604. The Morgan fingerprint density at radius 1 is 0.774 bits per heavy atom. The van der Waals surface area contributed by atoms with Crippen molar-refractivity contribution in [3.8, 4) is 5.75 Å². The van der Waals surface area contributed by atoms with Gasteiger partial charge in [0, 0.05) is 13.7 Å². The van der Waals surface area contributed by atoms with E-state index < -0.39 is 0 Å². The number of hydrogen-bond acceptors (Lipinski definition) is 2. The Labute approximate surface area is 191 Å². The Hall–Kier alpha value is -1.28. The average Bonchev–Trinajstić information content (AvgIpc) is 2.83. The fourth-order valence-corrected chi connectivity index (χ4v) is 5.50. The lowest BCUT2D eigenvalue weighted by atomic mass is 9.77. The molecule has 174 valence electrons. The first-order valence-corrected chi connectivity index (χ1v) is 13.2. The summed E-state index contributed by atoms with van der Waals surface area (Å²) in [5, 5.41) is 0. The Balaban J connectivity index is 1.33. The van der Waals surface area contributed by atoms with Crippen LogP contribution < -0.4 is 4.74 Å². The van der Waals surface area contributed by atoms with Crippen LogP contribution >= 0.6 is 0 Å². The summed E-state index contributed by atoms with van der Waals surface area (Å²) < 4.78 is 10.9. The molecular weight excluding hydrogens is 380 g/mol. The highest BCUT2D eigenvalue weighted by molar-refractivity contribution is 5.29. The normalized spacial score (nSPS) is 26.9. The van der Waals surface area contributed by atoms with Crippen LogP contribution in [0.15, 0.2) is 36.4 Å². The van der Waals surface area contributed by atoms with Crippen LogP contribution in [0.1, 0.15) is 102 Å². The van der Waals surface area contributed by atoms with E-state index in [0.29, 0.717) is 0 Å². The zero-order valence-electron chi connectivity index (χ0n) is 20.2. The van der Waals surface area contributed by atoms with E-state index in [1.165, 1.54) is 76.2 Å². The van der Waals surface area contributed by atoms with Gasteiger partial charge in [-0.05, 0) is 106 Å². The lowest BCUT2D eigenvalue weighted by Crippen LogP contribution is -2.14. The van der Waals surface area contributed by atoms with E-state index in [0.717, 1.165) is 55.5 Å². The number of unbranched alkanes of at least 4 members (excludes halogenated alkanes) is 2. The maximum atomic E-state index is 5.86. The van der Waals surface area contributed by atoms with Crippen molar-refractivity contribution in [1.82, 2.24) is 0 Å². The van der Waals surface area contributed by atoms with Gasteiger partial charge in [0.25, 0.3) is 0 Å². The quantitative estimate of drug-likeness (QED) is 0.247. The molecule has 2 aliphatic carbocycles. The van der Waals surface area contributed by atoms with E-state index in [-0.39, 0.29) is 0 Å². The molecule has 0 amide bonds. The molecule has 2 heteroatoms. The summed E-state index contributed by atoms with van der Waals surface area (Å²) in [6.45, 7) is 3.92. The zero-order chi connectivity index (χ0) is 21.7. The highest BCUT2D eigenvalue weighted by Crippen LogP contribution is 2.38. The van der Waals surface area contributed by atoms with Gasteiger partial charge in [-0.25, -0.2) is 0 Å². The fraction of sp³-hybridized carbons (Fsp3) is 0.724. The molecule has 1 aromatic carbocycles. The maximum Gasteiger partial charge on any atom is 0.119 e. The molecule has 0 N–H and O–H groups in total. The predicted molar refractivity (Wildman–Crippen MR) is 132 cm³/mol. The molecule has 0 saturated heterocycles. The number of hydrogen-bond donors (Lipinski definition) is 0. The molecule has 0 aromatic heterocycles. The van der Waals surface area contributed by atoms with Crippen LogP contribution in [0.3, 0.4) is 0 Å². The monoisotopic (exact) mass is 426 g/mol. The molecule has 2 aliphatic rings. The van der Waals surface area contributed by atoms with E-state index in [9.17, 15) is 0 Å². The van der Waals surface area contributed by atoms with Gasteiger partial charge in [-0.2, -0.15) is 0 Å². The van der Waals surface area contributed by atoms with Crippen molar-refractivity contribution in [2.24, 2.45) is 17.8 Å². The summed E-state index contributed by atoms with van der Waals surface area (Å²) in [5.74, 6) is 4.42. The molecule has 31 heavy (non-hydrogen) atoms. The SMILES string of the molecule is CCCCC1CCC(C=CC2CCC(c3ccc(OCCCCOC)cc3)CC2)CC1. The number of benzene rings is 1. The van der Waals surface area contributed by atoms with Crippen molar-refractivity contribution in [2.45, 2.75) is 96.3 Å². The smallest absolute Gasteiger partial charge is 0.119 e. The van der Waals surface area contributed by atoms with Gasteiger partial charge in [0.1, 0.15) is 5.75 Å². The second kappa shape index (κ2) is 14.0. The lowest BCUT2D eigenvalue weighted by molar-refractivity contribution is 0.184. The van der Waals surface area contributed by atoms with Crippen molar-refractivity contribution < 1.29 is 9.47 Å². The third-order valence-electron chi connectivity index (χ3n) is 7.65. The summed E-state index contributed by atoms with van der Waals surface area (Å²) in [6.07, 6.45) is 22.7. The van der Waals surface area contributed by atoms with Gasteiger partial charge in [0.2, 0.25) is 0 Å². The second-order valence-corrected chi connectivity index (χ2v) is 10.0. The van der Waals surface area contributed by atoms with Crippen LogP contribution in [0.5, 0.6) is 5.75 Å². The minimum absolute atomic E-state index is 0.731. The number of rotatable bonds is 12. The summed E-state index contributed by atoms with van der Waals surface area (Å²) in [7, 11) is 1.75. The number of allylic oxidation sites excluding steroid dienone is 2. The highest BCUT2D eigenvalue weighted by Gasteiger charge is 2.22. The molecular formula is C29H46O2. The van der Waals surface area contributed by atoms with Gasteiger partial charge in [-0.1, -0.05) is 50.5 Å². The fourth-order valence-electron chi connectivity index (χ4n) is 5.50. The number of ether oxygens (including phenoxy) is 2. The van der Waals surface area contributed by atoms with Crippen molar-refractivity contribution >= 4 is 0 Å². The van der Waals surface area contributed by atoms with E-state index in [4.69, 9.17) is 9.47 Å². The molecule has 0 heterocycles. The number of methoxy groups -OCH3 is 1. The third kappa shape index (κ3) is 8.64. The van der Waals surface area contributed by atoms with Crippen molar-refractivity contribution in [3.05, 3.63) is 42.0 Å². The van der Waals surface area contributed by atoms with Gasteiger partial charge >= 0.3 is 0 Å². The first-order valence-electron chi connectivity index (χ1n) is 13.2. The maximum absolute atomic E-state index is 5.86. The van der Waals surface area contributed by atoms with Crippen molar-refractivity contribution in [1.29, 1.82) is 0 Å².